The molecule has 6 nitrogen and oxygen atoms in total. The first-order valence-corrected chi connectivity index (χ1v) is 10.3. The molecule has 27 heavy (non-hydrogen) atoms. The molecule has 0 radical (unpaired) electrons. The molecule has 0 unspecified atom stereocenters. The molecule has 2 heterocycles. The van der Waals surface area contributed by atoms with Gasteiger partial charge in [-0.2, -0.15) is 0 Å². The molecular weight excluding hydrogens is 342 g/mol. The maximum atomic E-state index is 12.4. The van der Waals surface area contributed by atoms with E-state index in [-0.39, 0.29) is 11.5 Å². The molecule has 3 rings (SSSR count). The molecule has 2 saturated heterocycles. The van der Waals surface area contributed by atoms with Crippen molar-refractivity contribution in [3.8, 4) is 0 Å². The second-order valence-electron chi connectivity index (χ2n) is 7.99. The number of rotatable bonds is 7. The summed E-state index contributed by atoms with van der Waals surface area (Å²) in [6.07, 6.45) is 9.09. The minimum absolute atomic E-state index is 0.0248. The molecule has 0 aliphatic carbocycles. The fraction of sp³-hybridized carbons (Fsp3) is 0.667. The highest BCUT2D eigenvalue weighted by molar-refractivity contribution is 5.97. The lowest BCUT2D eigenvalue weighted by Crippen LogP contribution is -2.38. The van der Waals surface area contributed by atoms with Gasteiger partial charge in [-0.25, -0.2) is 0 Å². The van der Waals surface area contributed by atoms with Gasteiger partial charge in [-0.05, 0) is 82.9 Å². The zero-order valence-electron chi connectivity index (χ0n) is 16.1. The number of likely N-dealkylation sites (tertiary alicyclic amines) is 2. The summed E-state index contributed by atoms with van der Waals surface area (Å²) in [5.74, 6) is 0.826. The van der Waals surface area contributed by atoms with Gasteiger partial charge in [0.2, 0.25) is 0 Å². The Bertz CT molecular complexity index is 616. The molecule has 0 aromatic heterocycles. The number of non-ortho nitro benzene ring substituents is 1. The highest BCUT2D eigenvalue weighted by atomic mass is 16.6. The van der Waals surface area contributed by atoms with E-state index in [0.29, 0.717) is 12.1 Å². The number of nitrogens with zero attached hydrogens (tertiary/aromatic N) is 3. The molecule has 0 amide bonds. The van der Waals surface area contributed by atoms with Crippen LogP contribution in [0.2, 0.25) is 0 Å². The van der Waals surface area contributed by atoms with E-state index in [0.717, 1.165) is 19.0 Å². The SMILES string of the molecule is O=C(CN1CCC(CCN2CCCCCC2)CC1)c1ccc([N+](=O)[O-])cc1. The Labute approximate surface area is 161 Å². The summed E-state index contributed by atoms with van der Waals surface area (Å²) in [4.78, 5) is 27.6. The molecule has 0 N–H and O–H groups in total. The van der Waals surface area contributed by atoms with Gasteiger partial charge in [0, 0.05) is 17.7 Å². The second-order valence-corrected chi connectivity index (χ2v) is 7.99. The first-order valence-electron chi connectivity index (χ1n) is 10.3. The van der Waals surface area contributed by atoms with Crippen molar-refractivity contribution < 1.29 is 9.72 Å². The number of Topliss-reactive ketones (excluding diaryl/α,β-unsaturated/α-hetero) is 1. The molecule has 6 heteroatoms. The van der Waals surface area contributed by atoms with Crippen LogP contribution in [0.4, 0.5) is 5.69 Å². The van der Waals surface area contributed by atoms with Gasteiger partial charge >= 0.3 is 0 Å². The summed E-state index contributed by atoms with van der Waals surface area (Å²) in [5, 5.41) is 10.7. The normalized spacial score (nSPS) is 20.3. The first-order chi connectivity index (χ1) is 13.1. The number of nitro groups is 1. The lowest BCUT2D eigenvalue weighted by atomic mass is 9.93. The number of piperidine rings is 1. The van der Waals surface area contributed by atoms with Gasteiger partial charge in [0.15, 0.2) is 5.78 Å². The van der Waals surface area contributed by atoms with Crippen LogP contribution >= 0.6 is 0 Å². The van der Waals surface area contributed by atoms with Crippen molar-refractivity contribution in [1.82, 2.24) is 9.80 Å². The maximum Gasteiger partial charge on any atom is 0.269 e. The van der Waals surface area contributed by atoms with E-state index in [1.54, 1.807) is 12.1 Å². The molecule has 2 aliphatic rings. The van der Waals surface area contributed by atoms with Crippen LogP contribution in [-0.4, -0.2) is 59.8 Å². The standard InChI is InChI=1S/C21H31N3O3/c25-21(19-5-7-20(8-6-19)24(26)27)17-23-15-10-18(11-16-23)9-14-22-12-3-1-2-4-13-22/h5-8,18H,1-4,9-17H2. The van der Waals surface area contributed by atoms with Crippen molar-refractivity contribution >= 4 is 11.5 Å². The highest BCUT2D eigenvalue weighted by Gasteiger charge is 2.22. The average molecular weight is 373 g/mol. The predicted octanol–water partition coefficient (Wildman–Crippen LogP) is 3.76. The summed E-state index contributed by atoms with van der Waals surface area (Å²) in [6, 6.07) is 5.94. The van der Waals surface area contributed by atoms with Gasteiger partial charge in [0.1, 0.15) is 0 Å². The van der Waals surface area contributed by atoms with Crippen LogP contribution in [-0.2, 0) is 0 Å². The fourth-order valence-corrected chi connectivity index (χ4v) is 4.22. The van der Waals surface area contributed by atoms with E-state index in [9.17, 15) is 14.9 Å². The van der Waals surface area contributed by atoms with Crippen molar-refractivity contribution in [1.29, 1.82) is 0 Å². The number of hydrogen-bond donors (Lipinski definition) is 0. The van der Waals surface area contributed by atoms with Crippen molar-refractivity contribution in [2.75, 3.05) is 39.3 Å². The van der Waals surface area contributed by atoms with E-state index in [1.807, 2.05) is 0 Å². The van der Waals surface area contributed by atoms with Gasteiger partial charge in [0.25, 0.3) is 5.69 Å². The zero-order chi connectivity index (χ0) is 19.1. The molecule has 1 aromatic rings. The number of hydrogen-bond acceptors (Lipinski definition) is 5. The molecule has 148 valence electrons. The van der Waals surface area contributed by atoms with Crippen LogP contribution < -0.4 is 0 Å². The largest absolute Gasteiger partial charge is 0.303 e. The van der Waals surface area contributed by atoms with Crippen molar-refractivity contribution in [3.05, 3.63) is 39.9 Å². The lowest BCUT2D eigenvalue weighted by molar-refractivity contribution is -0.384. The Morgan fingerprint density at radius 3 is 2.19 bits per heavy atom. The van der Waals surface area contributed by atoms with Crippen LogP contribution in [0.15, 0.2) is 24.3 Å². The first kappa shape index (κ1) is 20.0. The smallest absolute Gasteiger partial charge is 0.269 e. The minimum atomic E-state index is -0.440. The number of nitro benzene ring substituents is 1. The molecule has 1 aromatic carbocycles. The molecular formula is C21H31N3O3. The predicted molar refractivity (Wildman–Crippen MR) is 106 cm³/mol. The molecule has 2 fully saturated rings. The van der Waals surface area contributed by atoms with E-state index in [1.165, 1.54) is 76.7 Å². The Hall–Kier alpha value is -1.79. The fourth-order valence-electron chi connectivity index (χ4n) is 4.22. The van der Waals surface area contributed by atoms with Gasteiger partial charge in [-0.3, -0.25) is 19.8 Å². The van der Waals surface area contributed by atoms with Gasteiger partial charge in [-0.1, -0.05) is 12.8 Å². The number of ketones is 1. The monoisotopic (exact) mass is 373 g/mol. The second kappa shape index (κ2) is 9.95. The highest BCUT2D eigenvalue weighted by Crippen LogP contribution is 2.22. The summed E-state index contributed by atoms with van der Waals surface area (Å²) in [7, 11) is 0. The van der Waals surface area contributed by atoms with Crippen LogP contribution in [0.3, 0.4) is 0 Å². The Morgan fingerprint density at radius 1 is 0.963 bits per heavy atom. The van der Waals surface area contributed by atoms with Crippen LogP contribution in [0.25, 0.3) is 0 Å². The Morgan fingerprint density at radius 2 is 1.59 bits per heavy atom. The van der Waals surface area contributed by atoms with Crippen LogP contribution in [0.5, 0.6) is 0 Å². The van der Waals surface area contributed by atoms with Gasteiger partial charge < -0.3 is 4.90 Å². The zero-order valence-corrected chi connectivity index (χ0v) is 16.1. The third kappa shape index (κ3) is 6.11. The van der Waals surface area contributed by atoms with E-state index >= 15 is 0 Å². The van der Waals surface area contributed by atoms with Crippen molar-refractivity contribution in [2.45, 2.75) is 44.9 Å². The van der Waals surface area contributed by atoms with E-state index in [4.69, 9.17) is 0 Å². The number of benzene rings is 1. The van der Waals surface area contributed by atoms with E-state index in [2.05, 4.69) is 9.80 Å². The summed E-state index contributed by atoms with van der Waals surface area (Å²) >= 11 is 0. The summed E-state index contributed by atoms with van der Waals surface area (Å²) in [6.45, 7) is 6.13. The molecule has 0 atom stereocenters. The van der Waals surface area contributed by atoms with Gasteiger partial charge in [-0.15, -0.1) is 0 Å². The summed E-state index contributed by atoms with van der Waals surface area (Å²) in [5.41, 5.74) is 0.584. The van der Waals surface area contributed by atoms with Crippen molar-refractivity contribution in [3.63, 3.8) is 0 Å². The molecule has 2 aliphatic heterocycles. The Kier molecular flexibility index (Phi) is 7.35. The van der Waals surface area contributed by atoms with Gasteiger partial charge in [0.05, 0.1) is 11.5 Å². The van der Waals surface area contributed by atoms with Crippen LogP contribution in [0, 0.1) is 16.0 Å². The minimum Gasteiger partial charge on any atom is -0.303 e. The van der Waals surface area contributed by atoms with Crippen molar-refractivity contribution in [2.24, 2.45) is 5.92 Å². The number of carbonyl (C=O) groups is 1. The molecule has 0 saturated carbocycles. The molecule has 0 bridgehead atoms. The molecule has 0 spiro atoms. The van der Waals surface area contributed by atoms with E-state index < -0.39 is 4.92 Å². The topological polar surface area (TPSA) is 66.7 Å². The average Bonchev–Trinajstić information content (AvgIpc) is 2.96. The quantitative estimate of drug-likeness (QED) is 0.414. The maximum absolute atomic E-state index is 12.4. The summed E-state index contributed by atoms with van der Waals surface area (Å²) < 4.78 is 0. The Balaban J connectivity index is 1.38. The number of carbonyl (C=O) groups excluding carboxylic acids is 1. The lowest BCUT2D eigenvalue weighted by Gasteiger charge is -2.32. The third-order valence-electron chi connectivity index (χ3n) is 6.03. The third-order valence-corrected chi connectivity index (χ3v) is 6.03. The van der Waals surface area contributed by atoms with Crippen LogP contribution in [0.1, 0.15) is 55.3 Å².